The number of aromatic hydroxyl groups is 2. The number of rotatable bonds is 3. The number of hydrogen-bond donors (Lipinski definition) is 3. The molecule has 0 amide bonds. The summed E-state index contributed by atoms with van der Waals surface area (Å²) in [5.74, 6) is 0.770. The molecule has 0 saturated carbocycles. The van der Waals surface area contributed by atoms with Gasteiger partial charge in [-0.2, -0.15) is 5.10 Å². The van der Waals surface area contributed by atoms with Crippen LogP contribution < -0.4 is 10.2 Å². The molecule has 0 radical (unpaired) electrons. The number of fused-ring (bicyclic) bond motifs is 1. The van der Waals surface area contributed by atoms with Crippen molar-refractivity contribution >= 4 is 23.0 Å². The predicted molar refractivity (Wildman–Crippen MR) is 106 cm³/mol. The van der Waals surface area contributed by atoms with Crippen molar-refractivity contribution in [2.45, 2.75) is 5.92 Å². The molecule has 6 heteroatoms. The molecule has 0 saturated heterocycles. The standard InChI is InChI=1S/C21H17ClN2O3/c22-18-3-1-2-4-19(18)23-24-21-16-10-9-15(26)11-20(16)27-12-17(21)13-5-7-14(25)8-6-13/h1-11,17,23,25-26H,12H2/b24-21+. The van der Waals surface area contributed by atoms with Gasteiger partial charge in [0.25, 0.3) is 0 Å². The third kappa shape index (κ3) is 3.55. The van der Waals surface area contributed by atoms with Crippen LogP contribution in [-0.2, 0) is 0 Å². The first-order chi connectivity index (χ1) is 13.1. The van der Waals surface area contributed by atoms with Crippen molar-refractivity contribution in [1.29, 1.82) is 0 Å². The zero-order chi connectivity index (χ0) is 18.8. The summed E-state index contributed by atoms with van der Waals surface area (Å²) in [6, 6.07) is 19.3. The van der Waals surface area contributed by atoms with E-state index in [4.69, 9.17) is 16.3 Å². The van der Waals surface area contributed by atoms with Gasteiger partial charge in [-0.05, 0) is 42.0 Å². The van der Waals surface area contributed by atoms with E-state index >= 15 is 0 Å². The Morgan fingerprint density at radius 1 is 0.963 bits per heavy atom. The van der Waals surface area contributed by atoms with Crippen LogP contribution in [-0.4, -0.2) is 22.5 Å². The van der Waals surface area contributed by atoms with Crippen LogP contribution in [0, 0.1) is 0 Å². The summed E-state index contributed by atoms with van der Waals surface area (Å²) in [6.07, 6.45) is 0. The lowest BCUT2D eigenvalue weighted by Gasteiger charge is -2.27. The second-order valence-corrected chi connectivity index (χ2v) is 6.63. The van der Waals surface area contributed by atoms with Crippen molar-refractivity contribution in [3.63, 3.8) is 0 Å². The van der Waals surface area contributed by atoms with Gasteiger partial charge in [-0.15, -0.1) is 0 Å². The first kappa shape index (κ1) is 17.2. The highest BCUT2D eigenvalue weighted by Crippen LogP contribution is 2.36. The van der Waals surface area contributed by atoms with E-state index in [2.05, 4.69) is 10.5 Å². The van der Waals surface area contributed by atoms with Crippen molar-refractivity contribution in [3.8, 4) is 17.2 Å². The van der Waals surface area contributed by atoms with Gasteiger partial charge in [0.1, 0.15) is 23.9 Å². The number of hydrogen-bond acceptors (Lipinski definition) is 5. The molecule has 3 N–H and O–H groups in total. The third-order valence-corrected chi connectivity index (χ3v) is 4.77. The average Bonchev–Trinajstić information content (AvgIpc) is 2.67. The lowest BCUT2D eigenvalue weighted by molar-refractivity contribution is 0.300. The predicted octanol–water partition coefficient (Wildman–Crippen LogP) is 4.74. The van der Waals surface area contributed by atoms with Crippen molar-refractivity contribution in [1.82, 2.24) is 0 Å². The minimum Gasteiger partial charge on any atom is -0.508 e. The number of ether oxygens (including phenoxy) is 1. The zero-order valence-corrected chi connectivity index (χ0v) is 15.0. The van der Waals surface area contributed by atoms with Crippen LogP contribution in [0.4, 0.5) is 5.69 Å². The minimum absolute atomic E-state index is 0.134. The fourth-order valence-electron chi connectivity index (χ4n) is 3.05. The highest BCUT2D eigenvalue weighted by Gasteiger charge is 2.29. The maximum Gasteiger partial charge on any atom is 0.132 e. The Morgan fingerprint density at radius 3 is 2.48 bits per heavy atom. The summed E-state index contributed by atoms with van der Waals surface area (Å²) in [7, 11) is 0. The molecule has 0 bridgehead atoms. The van der Waals surface area contributed by atoms with Crippen molar-refractivity contribution < 1.29 is 14.9 Å². The number of nitrogens with one attached hydrogen (secondary N) is 1. The minimum atomic E-state index is -0.141. The summed E-state index contributed by atoms with van der Waals surface area (Å²) in [6.45, 7) is 0.365. The smallest absolute Gasteiger partial charge is 0.132 e. The van der Waals surface area contributed by atoms with Crippen molar-refractivity contribution in [3.05, 3.63) is 82.9 Å². The average molecular weight is 381 g/mol. The van der Waals surface area contributed by atoms with E-state index in [1.165, 1.54) is 0 Å². The highest BCUT2D eigenvalue weighted by atomic mass is 35.5. The molecule has 1 unspecified atom stereocenters. The van der Waals surface area contributed by atoms with E-state index in [0.29, 0.717) is 23.1 Å². The van der Waals surface area contributed by atoms with Gasteiger partial charge in [-0.3, -0.25) is 5.43 Å². The van der Waals surface area contributed by atoms with Crippen LogP contribution >= 0.6 is 11.6 Å². The molecule has 1 atom stereocenters. The Kier molecular flexibility index (Phi) is 4.60. The Labute approximate surface area is 161 Å². The lowest BCUT2D eigenvalue weighted by atomic mass is 9.88. The molecule has 3 aromatic rings. The molecule has 1 aliphatic rings. The van der Waals surface area contributed by atoms with Crippen molar-refractivity contribution in [2.75, 3.05) is 12.0 Å². The summed E-state index contributed by atoms with van der Waals surface area (Å²) in [5.41, 5.74) is 6.25. The van der Waals surface area contributed by atoms with E-state index in [-0.39, 0.29) is 17.4 Å². The van der Waals surface area contributed by atoms with E-state index in [1.807, 2.05) is 30.3 Å². The van der Waals surface area contributed by atoms with E-state index < -0.39 is 0 Å². The highest BCUT2D eigenvalue weighted by molar-refractivity contribution is 6.33. The molecule has 5 nitrogen and oxygen atoms in total. The number of nitrogens with zero attached hydrogens (tertiary/aromatic N) is 1. The first-order valence-corrected chi connectivity index (χ1v) is 8.83. The molecule has 27 heavy (non-hydrogen) atoms. The number of hydrazone groups is 1. The van der Waals surface area contributed by atoms with Gasteiger partial charge in [-0.25, -0.2) is 0 Å². The van der Waals surface area contributed by atoms with Gasteiger partial charge in [0.05, 0.1) is 22.3 Å². The quantitative estimate of drug-likeness (QED) is 0.573. The number of anilines is 1. The molecule has 0 spiro atoms. The number of para-hydroxylation sites is 1. The van der Waals surface area contributed by atoms with Crippen LogP contribution in [0.5, 0.6) is 17.2 Å². The molecule has 0 fully saturated rings. The van der Waals surface area contributed by atoms with Gasteiger partial charge in [0.15, 0.2) is 0 Å². The van der Waals surface area contributed by atoms with E-state index in [9.17, 15) is 10.2 Å². The number of phenols is 2. The monoisotopic (exact) mass is 380 g/mol. The second kappa shape index (κ2) is 7.21. The SMILES string of the molecule is Oc1ccc(C2COc3cc(O)ccc3/C2=N\Nc2ccccc2Cl)cc1. The van der Waals surface area contributed by atoms with Crippen LogP contribution in [0.3, 0.4) is 0 Å². The largest absolute Gasteiger partial charge is 0.508 e. The molecule has 4 rings (SSSR count). The Bertz CT molecular complexity index is 1000. The Morgan fingerprint density at radius 2 is 1.70 bits per heavy atom. The van der Waals surface area contributed by atoms with Gasteiger partial charge in [-0.1, -0.05) is 35.9 Å². The zero-order valence-electron chi connectivity index (χ0n) is 14.3. The molecule has 1 aliphatic heterocycles. The molecule has 136 valence electrons. The molecular formula is C21H17ClN2O3. The summed E-state index contributed by atoms with van der Waals surface area (Å²) >= 11 is 6.22. The second-order valence-electron chi connectivity index (χ2n) is 6.22. The Balaban J connectivity index is 1.77. The topological polar surface area (TPSA) is 74.1 Å². The summed E-state index contributed by atoms with van der Waals surface area (Å²) in [4.78, 5) is 0. The van der Waals surface area contributed by atoms with E-state index in [0.717, 1.165) is 16.8 Å². The maximum atomic E-state index is 9.75. The number of halogens is 1. The maximum absolute atomic E-state index is 9.75. The van der Waals surface area contributed by atoms with Gasteiger partial charge < -0.3 is 14.9 Å². The molecule has 0 aliphatic carbocycles. The molecule has 1 heterocycles. The van der Waals surface area contributed by atoms with Crippen LogP contribution in [0.1, 0.15) is 17.0 Å². The van der Waals surface area contributed by atoms with Gasteiger partial charge >= 0.3 is 0 Å². The van der Waals surface area contributed by atoms with Crippen molar-refractivity contribution in [2.24, 2.45) is 5.10 Å². The molecule has 3 aromatic carbocycles. The van der Waals surface area contributed by atoms with E-state index in [1.54, 1.807) is 36.4 Å². The summed E-state index contributed by atoms with van der Waals surface area (Å²) in [5, 5.41) is 24.5. The lowest BCUT2D eigenvalue weighted by Crippen LogP contribution is -2.27. The van der Waals surface area contributed by atoms with Gasteiger partial charge in [0, 0.05) is 11.6 Å². The van der Waals surface area contributed by atoms with Crippen LogP contribution in [0.2, 0.25) is 5.02 Å². The van der Waals surface area contributed by atoms with Crippen LogP contribution in [0.15, 0.2) is 71.8 Å². The van der Waals surface area contributed by atoms with Crippen LogP contribution in [0.25, 0.3) is 0 Å². The fourth-order valence-corrected chi connectivity index (χ4v) is 3.23. The third-order valence-electron chi connectivity index (χ3n) is 4.44. The van der Waals surface area contributed by atoms with Gasteiger partial charge in [0.2, 0.25) is 0 Å². The normalized spacial score (nSPS) is 17.2. The summed E-state index contributed by atoms with van der Waals surface area (Å²) < 4.78 is 5.85. The Hall–Kier alpha value is -3.18. The first-order valence-electron chi connectivity index (χ1n) is 8.45. The molecule has 0 aromatic heterocycles. The number of benzene rings is 3. The number of phenolic OH excluding ortho intramolecular Hbond substituents is 2. The molecular weight excluding hydrogens is 364 g/mol. The fraction of sp³-hybridized carbons (Fsp3) is 0.0952.